The number of quaternary nitrogens is 1. The van der Waals surface area contributed by atoms with E-state index < -0.39 is 0 Å². The van der Waals surface area contributed by atoms with Gasteiger partial charge in [-0.1, -0.05) is 12.1 Å². The summed E-state index contributed by atoms with van der Waals surface area (Å²) in [4.78, 5) is 13.4. The third-order valence-corrected chi connectivity index (χ3v) is 3.89. The number of aromatic nitrogens is 2. The number of ether oxygens (including phenoxy) is 1. The molecule has 1 unspecified atom stereocenters. The van der Waals surface area contributed by atoms with E-state index in [2.05, 4.69) is 15.5 Å². The van der Waals surface area contributed by atoms with E-state index in [1.807, 2.05) is 19.1 Å². The van der Waals surface area contributed by atoms with Crippen LogP contribution in [-0.2, 0) is 11.3 Å². The summed E-state index contributed by atoms with van der Waals surface area (Å²) in [6, 6.07) is 10.8. The molecule has 0 fully saturated rings. The number of rotatable bonds is 8. The molecule has 1 atom stereocenters. The predicted octanol–water partition coefficient (Wildman–Crippen LogP) is 1.38. The fourth-order valence-corrected chi connectivity index (χ4v) is 2.52. The summed E-state index contributed by atoms with van der Waals surface area (Å²) in [6.07, 6.45) is 1.55. The molecule has 8 nitrogen and oxygen atoms in total. The third kappa shape index (κ3) is 4.28. The van der Waals surface area contributed by atoms with Crippen molar-refractivity contribution in [2.24, 2.45) is 0 Å². The summed E-state index contributed by atoms with van der Waals surface area (Å²) in [5.41, 5.74) is 0.647. The van der Waals surface area contributed by atoms with E-state index in [1.54, 1.807) is 37.6 Å². The quantitative estimate of drug-likeness (QED) is 0.632. The van der Waals surface area contributed by atoms with Gasteiger partial charge in [0.2, 0.25) is 0 Å². The Morgan fingerprint density at radius 1 is 1.23 bits per heavy atom. The van der Waals surface area contributed by atoms with Crippen LogP contribution < -0.4 is 15.0 Å². The SMILES string of the molecule is CC[NH+](CC(=O)Nc1ccccc1OC)Cc1nnc(-c2ccco2)o1. The van der Waals surface area contributed by atoms with Crippen LogP contribution >= 0.6 is 0 Å². The van der Waals surface area contributed by atoms with E-state index in [0.717, 1.165) is 11.4 Å². The fourth-order valence-electron chi connectivity index (χ4n) is 2.52. The second kappa shape index (κ2) is 8.30. The Kier molecular flexibility index (Phi) is 5.65. The number of benzene rings is 1. The van der Waals surface area contributed by atoms with Crippen molar-refractivity contribution in [3.63, 3.8) is 0 Å². The predicted molar refractivity (Wildman–Crippen MR) is 93.7 cm³/mol. The Morgan fingerprint density at radius 3 is 2.81 bits per heavy atom. The number of hydrogen-bond donors (Lipinski definition) is 2. The Morgan fingerprint density at radius 2 is 2.08 bits per heavy atom. The maximum Gasteiger partial charge on any atom is 0.283 e. The minimum Gasteiger partial charge on any atom is -0.495 e. The normalized spacial score (nSPS) is 11.9. The molecule has 8 heteroatoms. The van der Waals surface area contributed by atoms with Gasteiger partial charge < -0.3 is 23.8 Å². The molecule has 2 aromatic heterocycles. The van der Waals surface area contributed by atoms with E-state index in [9.17, 15) is 4.79 Å². The number of furan rings is 1. The number of nitrogens with zero attached hydrogens (tertiary/aromatic N) is 2. The number of hydrogen-bond acceptors (Lipinski definition) is 6. The zero-order valence-electron chi connectivity index (χ0n) is 14.7. The monoisotopic (exact) mass is 357 g/mol. The summed E-state index contributed by atoms with van der Waals surface area (Å²) < 4.78 is 16.1. The fraction of sp³-hybridized carbons (Fsp3) is 0.278. The minimum atomic E-state index is -0.114. The van der Waals surface area contributed by atoms with Crippen LogP contribution in [0.3, 0.4) is 0 Å². The molecule has 2 heterocycles. The van der Waals surface area contributed by atoms with Crippen molar-refractivity contribution in [2.75, 3.05) is 25.5 Å². The van der Waals surface area contributed by atoms with Gasteiger partial charge in [0, 0.05) is 0 Å². The molecule has 0 aliphatic rings. The third-order valence-electron chi connectivity index (χ3n) is 3.89. The van der Waals surface area contributed by atoms with Crippen LogP contribution in [-0.4, -0.2) is 36.3 Å². The standard InChI is InChI=1S/C18H20N4O4/c1-3-22(11-16(23)19-13-7-4-5-8-14(13)24-2)12-17-20-21-18(26-17)15-9-6-10-25-15/h4-10H,3,11-12H2,1-2H3,(H,19,23)/p+1. The highest BCUT2D eigenvalue weighted by Crippen LogP contribution is 2.22. The molecule has 0 aliphatic heterocycles. The van der Waals surface area contributed by atoms with Crippen molar-refractivity contribution < 1.29 is 23.3 Å². The molecule has 0 radical (unpaired) electrons. The lowest BCUT2D eigenvalue weighted by molar-refractivity contribution is -0.905. The Bertz CT molecular complexity index is 845. The molecule has 0 saturated carbocycles. The number of anilines is 1. The van der Waals surface area contributed by atoms with Crippen LogP contribution in [0.15, 0.2) is 51.5 Å². The van der Waals surface area contributed by atoms with Crippen LogP contribution in [0.2, 0.25) is 0 Å². The molecule has 2 N–H and O–H groups in total. The average Bonchev–Trinajstić information content (AvgIpc) is 3.33. The lowest BCUT2D eigenvalue weighted by Gasteiger charge is -2.16. The van der Waals surface area contributed by atoms with E-state index in [0.29, 0.717) is 35.5 Å². The van der Waals surface area contributed by atoms with Crippen LogP contribution in [0.1, 0.15) is 12.8 Å². The molecule has 136 valence electrons. The number of carbonyl (C=O) groups excluding carboxylic acids is 1. The molecule has 1 amide bonds. The second-order valence-corrected chi connectivity index (χ2v) is 5.68. The van der Waals surface area contributed by atoms with Crippen LogP contribution in [0, 0.1) is 0 Å². The molecule has 1 aromatic carbocycles. The summed E-state index contributed by atoms with van der Waals surface area (Å²) in [5.74, 6) is 1.82. The highest BCUT2D eigenvalue weighted by atomic mass is 16.5. The molecule has 26 heavy (non-hydrogen) atoms. The molecule has 0 saturated heterocycles. The molecular weight excluding hydrogens is 336 g/mol. The zero-order chi connectivity index (χ0) is 18.4. The second-order valence-electron chi connectivity index (χ2n) is 5.68. The molecule has 0 aliphatic carbocycles. The molecule has 0 bridgehead atoms. The van der Waals surface area contributed by atoms with Gasteiger partial charge in [0.15, 0.2) is 18.8 Å². The Balaban J connectivity index is 1.60. The molecule has 3 rings (SSSR count). The van der Waals surface area contributed by atoms with Crippen LogP contribution in [0.4, 0.5) is 5.69 Å². The summed E-state index contributed by atoms with van der Waals surface area (Å²) in [5, 5.41) is 10.9. The first-order valence-electron chi connectivity index (χ1n) is 8.32. The van der Waals surface area contributed by atoms with Gasteiger partial charge in [0.05, 0.1) is 25.6 Å². The van der Waals surface area contributed by atoms with E-state index >= 15 is 0 Å². The largest absolute Gasteiger partial charge is 0.495 e. The highest BCUT2D eigenvalue weighted by Gasteiger charge is 2.19. The summed E-state index contributed by atoms with van der Waals surface area (Å²) in [6.45, 7) is 3.45. The molecule has 3 aromatic rings. The number of carbonyl (C=O) groups is 1. The van der Waals surface area contributed by atoms with Crippen LogP contribution in [0.5, 0.6) is 5.75 Å². The maximum atomic E-state index is 12.4. The van der Waals surface area contributed by atoms with Crippen molar-refractivity contribution in [2.45, 2.75) is 13.5 Å². The van der Waals surface area contributed by atoms with Gasteiger partial charge in [-0.2, -0.15) is 0 Å². The lowest BCUT2D eigenvalue weighted by atomic mass is 10.3. The summed E-state index contributed by atoms with van der Waals surface area (Å²) >= 11 is 0. The zero-order valence-corrected chi connectivity index (χ0v) is 14.7. The maximum absolute atomic E-state index is 12.4. The first-order valence-corrected chi connectivity index (χ1v) is 8.32. The number of nitrogens with one attached hydrogen (secondary N) is 2. The van der Waals surface area contributed by atoms with Gasteiger partial charge in [0.1, 0.15) is 5.75 Å². The topological polar surface area (TPSA) is 94.8 Å². The van der Waals surface area contributed by atoms with E-state index in [4.69, 9.17) is 13.6 Å². The van der Waals surface area contributed by atoms with Crippen molar-refractivity contribution in [3.8, 4) is 17.4 Å². The van der Waals surface area contributed by atoms with Gasteiger partial charge in [0.25, 0.3) is 17.7 Å². The van der Waals surface area contributed by atoms with Gasteiger partial charge >= 0.3 is 0 Å². The summed E-state index contributed by atoms with van der Waals surface area (Å²) in [7, 11) is 1.57. The van der Waals surface area contributed by atoms with E-state index in [1.165, 1.54) is 0 Å². The number of para-hydroxylation sites is 2. The minimum absolute atomic E-state index is 0.114. The number of likely N-dealkylation sites (N-methyl/N-ethyl adjacent to an activating group) is 1. The van der Waals surface area contributed by atoms with Gasteiger partial charge in [-0.25, -0.2) is 0 Å². The highest BCUT2D eigenvalue weighted by molar-refractivity contribution is 5.92. The van der Waals surface area contributed by atoms with Gasteiger partial charge in [-0.05, 0) is 31.2 Å². The average molecular weight is 357 g/mol. The number of methoxy groups -OCH3 is 1. The van der Waals surface area contributed by atoms with Crippen molar-refractivity contribution in [1.29, 1.82) is 0 Å². The smallest absolute Gasteiger partial charge is 0.283 e. The Labute approximate surface area is 150 Å². The first-order chi connectivity index (χ1) is 12.7. The lowest BCUT2D eigenvalue weighted by Crippen LogP contribution is -3.11. The molecule has 0 spiro atoms. The van der Waals surface area contributed by atoms with Crippen molar-refractivity contribution in [3.05, 3.63) is 48.6 Å². The van der Waals surface area contributed by atoms with Crippen LogP contribution in [0.25, 0.3) is 11.7 Å². The van der Waals surface area contributed by atoms with E-state index in [-0.39, 0.29) is 12.5 Å². The van der Waals surface area contributed by atoms with Crippen molar-refractivity contribution >= 4 is 11.6 Å². The van der Waals surface area contributed by atoms with Gasteiger partial charge in [-0.3, -0.25) is 4.79 Å². The number of amides is 1. The van der Waals surface area contributed by atoms with Gasteiger partial charge in [-0.15, -0.1) is 10.2 Å². The molecular formula is C18H21N4O4+. The van der Waals surface area contributed by atoms with Crippen molar-refractivity contribution in [1.82, 2.24) is 10.2 Å². The Hall–Kier alpha value is -3.13. The first kappa shape index (κ1) is 17.7.